The van der Waals surface area contributed by atoms with Crippen LogP contribution in [0.5, 0.6) is 0 Å². The number of Topliss-reactive ketones (excluding diaryl/α,β-unsaturated/α-hetero) is 1. The summed E-state index contributed by atoms with van der Waals surface area (Å²) in [5.74, 6) is -0.422. The van der Waals surface area contributed by atoms with Crippen LogP contribution in [0.4, 0.5) is 0 Å². The topological polar surface area (TPSA) is 74.6 Å². The van der Waals surface area contributed by atoms with Crippen molar-refractivity contribution in [2.75, 3.05) is 13.2 Å². The predicted molar refractivity (Wildman–Crippen MR) is 100.0 cm³/mol. The molecule has 0 N–H and O–H groups in total. The Balaban J connectivity index is 1.77. The molecule has 0 bridgehead atoms. The van der Waals surface area contributed by atoms with Crippen molar-refractivity contribution in [3.63, 3.8) is 0 Å². The number of aromatic nitrogens is 1. The minimum atomic E-state index is -3.72. The van der Waals surface area contributed by atoms with E-state index < -0.39 is 21.1 Å². The normalized spacial score (nSPS) is 18.4. The Hall–Kier alpha value is -1.48. The number of carbonyl (C=O) groups is 1. The molecule has 0 aliphatic carbocycles. The number of nitrogens with zero attached hydrogens (tertiary/aromatic N) is 1. The summed E-state index contributed by atoms with van der Waals surface area (Å²) in [5.41, 5.74) is 0.314. The highest BCUT2D eigenvalue weighted by Crippen LogP contribution is 2.26. The number of rotatable bonds is 6. The number of carbonyl (C=O) groups excluding carboxylic acids is 1. The number of hydrogen-bond donors (Lipinski definition) is 0. The summed E-state index contributed by atoms with van der Waals surface area (Å²) in [6.07, 6.45) is 3.11. The van der Waals surface area contributed by atoms with Crippen LogP contribution in [0.25, 0.3) is 0 Å². The van der Waals surface area contributed by atoms with E-state index in [2.05, 4.69) is 15.9 Å². The van der Waals surface area contributed by atoms with Crippen LogP contribution in [0.3, 0.4) is 0 Å². The number of benzene rings is 1. The first kappa shape index (κ1) is 19.3. The van der Waals surface area contributed by atoms with E-state index in [0.29, 0.717) is 18.8 Å². The Kier molecular flexibility index (Phi) is 5.96. The molecule has 8 heteroatoms. The van der Waals surface area contributed by atoms with Gasteiger partial charge in [-0.25, -0.2) is 12.4 Å². The van der Waals surface area contributed by atoms with Crippen LogP contribution in [-0.2, 0) is 19.5 Å². The van der Waals surface area contributed by atoms with Gasteiger partial charge in [0.25, 0.3) is 10.0 Å². The summed E-state index contributed by atoms with van der Waals surface area (Å²) in [6.45, 7) is 3.08. The van der Waals surface area contributed by atoms with E-state index in [1.807, 2.05) is 6.92 Å². The summed E-state index contributed by atoms with van der Waals surface area (Å²) in [6, 6.07) is 9.60. The minimum Gasteiger partial charge on any atom is -0.352 e. The van der Waals surface area contributed by atoms with Gasteiger partial charge in [-0.15, -0.1) is 0 Å². The van der Waals surface area contributed by atoms with E-state index in [0.717, 1.165) is 10.4 Å². The highest BCUT2D eigenvalue weighted by Gasteiger charge is 2.33. The largest absolute Gasteiger partial charge is 0.352 e. The van der Waals surface area contributed by atoms with Crippen LogP contribution in [-0.4, -0.2) is 42.5 Å². The summed E-state index contributed by atoms with van der Waals surface area (Å²) >= 11 is 3.42. The first-order chi connectivity index (χ1) is 12.4. The highest BCUT2D eigenvalue weighted by atomic mass is 79.9. The molecule has 6 nitrogen and oxygen atoms in total. The average Bonchev–Trinajstić information content (AvgIpc) is 3.18. The molecule has 2 unspecified atom stereocenters. The lowest BCUT2D eigenvalue weighted by Crippen LogP contribution is -2.38. The number of ketones is 1. The zero-order valence-electron chi connectivity index (χ0n) is 14.2. The van der Waals surface area contributed by atoms with Crippen LogP contribution in [0, 0.1) is 5.92 Å². The van der Waals surface area contributed by atoms with Gasteiger partial charge in [-0.2, -0.15) is 0 Å². The first-order valence-corrected chi connectivity index (χ1v) is 10.7. The summed E-state index contributed by atoms with van der Waals surface area (Å²) < 4.78 is 37.4. The van der Waals surface area contributed by atoms with Crippen LogP contribution in [0.1, 0.15) is 23.7 Å². The molecular weight excluding hydrogens is 422 g/mol. The third-order valence-electron chi connectivity index (χ3n) is 4.26. The number of ether oxygens (including phenoxy) is 2. The van der Waals surface area contributed by atoms with Crippen LogP contribution in [0.15, 0.2) is 53.7 Å². The molecule has 1 aliphatic heterocycles. The van der Waals surface area contributed by atoms with Crippen molar-refractivity contribution < 1.29 is 22.7 Å². The molecule has 2 atom stereocenters. The third-order valence-corrected chi connectivity index (χ3v) is 7.16. The van der Waals surface area contributed by atoms with E-state index in [1.54, 1.807) is 18.2 Å². The maximum atomic E-state index is 12.7. The van der Waals surface area contributed by atoms with E-state index in [9.17, 15) is 13.2 Å². The van der Waals surface area contributed by atoms with E-state index in [-0.39, 0.29) is 16.6 Å². The van der Waals surface area contributed by atoms with Crippen molar-refractivity contribution in [2.45, 2.75) is 29.4 Å². The Morgan fingerprint density at radius 2 is 1.85 bits per heavy atom. The van der Waals surface area contributed by atoms with Gasteiger partial charge in [-0.1, -0.05) is 41.1 Å². The third kappa shape index (κ3) is 3.93. The fourth-order valence-corrected chi connectivity index (χ4v) is 4.46. The lowest BCUT2D eigenvalue weighted by Gasteiger charge is -2.30. The number of halogens is 1. The highest BCUT2D eigenvalue weighted by molar-refractivity contribution is 9.10. The van der Waals surface area contributed by atoms with Gasteiger partial charge in [0.1, 0.15) is 0 Å². The molecule has 2 aromatic rings. The molecule has 1 aromatic carbocycles. The van der Waals surface area contributed by atoms with Gasteiger partial charge in [0.05, 0.1) is 22.9 Å². The fraction of sp³-hybridized carbons (Fsp3) is 0.389. The Bertz CT molecular complexity index is 859. The van der Waals surface area contributed by atoms with Gasteiger partial charge in [0.2, 0.25) is 0 Å². The molecule has 1 fully saturated rings. The van der Waals surface area contributed by atoms with Crippen molar-refractivity contribution in [2.24, 2.45) is 5.92 Å². The van der Waals surface area contributed by atoms with Gasteiger partial charge in [-0.05, 0) is 24.6 Å². The summed E-state index contributed by atoms with van der Waals surface area (Å²) in [5, 5.41) is 0. The van der Waals surface area contributed by atoms with Crippen molar-refractivity contribution in [1.82, 2.24) is 3.97 Å². The molecule has 0 spiro atoms. The SMILES string of the molecule is CC(C1OCCCO1)C(Br)C(=O)c1ccn(S(=O)(=O)c2ccccc2)c1. The summed E-state index contributed by atoms with van der Waals surface area (Å²) in [7, 11) is -3.72. The number of alkyl halides is 1. The van der Waals surface area contributed by atoms with Gasteiger partial charge in [0.15, 0.2) is 12.1 Å². The molecule has 2 heterocycles. The minimum absolute atomic E-state index is 0.169. The zero-order chi connectivity index (χ0) is 18.7. The van der Waals surface area contributed by atoms with Crippen molar-refractivity contribution in [3.8, 4) is 0 Å². The second-order valence-corrected chi connectivity index (χ2v) is 8.97. The molecule has 26 heavy (non-hydrogen) atoms. The first-order valence-electron chi connectivity index (χ1n) is 8.31. The monoisotopic (exact) mass is 441 g/mol. The van der Waals surface area contributed by atoms with Crippen LogP contribution < -0.4 is 0 Å². The maximum absolute atomic E-state index is 12.7. The van der Waals surface area contributed by atoms with E-state index in [1.165, 1.54) is 30.6 Å². The molecule has 1 aromatic heterocycles. The Morgan fingerprint density at radius 1 is 1.19 bits per heavy atom. The Labute approximate surface area is 161 Å². The van der Waals surface area contributed by atoms with Crippen LogP contribution in [0.2, 0.25) is 0 Å². The van der Waals surface area contributed by atoms with E-state index in [4.69, 9.17) is 9.47 Å². The van der Waals surface area contributed by atoms with Crippen molar-refractivity contribution >= 4 is 31.7 Å². The molecule has 0 radical (unpaired) electrons. The van der Waals surface area contributed by atoms with Gasteiger partial charge in [-0.3, -0.25) is 4.79 Å². The maximum Gasteiger partial charge on any atom is 0.267 e. The summed E-state index contributed by atoms with van der Waals surface area (Å²) in [4.78, 5) is 12.4. The second kappa shape index (κ2) is 8.04. The molecule has 1 aliphatic rings. The second-order valence-electron chi connectivity index (χ2n) is 6.14. The van der Waals surface area contributed by atoms with Crippen molar-refractivity contribution in [3.05, 3.63) is 54.4 Å². The fourth-order valence-electron chi connectivity index (χ4n) is 2.73. The lowest BCUT2D eigenvalue weighted by molar-refractivity contribution is -0.200. The average molecular weight is 442 g/mol. The standard InChI is InChI=1S/C18H20BrNO5S/c1-13(18-24-10-5-11-25-18)16(19)17(21)14-8-9-20(12-14)26(22,23)15-6-3-2-4-7-15/h2-4,6-9,12-13,16,18H,5,10-11H2,1H3. The number of hydrogen-bond acceptors (Lipinski definition) is 5. The lowest BCUT2D eigenvalue weighted by atomic mass is 10.0. The van der Waals surface area contributed by atoms with Gasteiger partial charge in [0, 0.05) is 23.9 Å². The molecule has 1 saturated heterocycles. The van der Waals surface area contributed by atoms with Gasteiger partial charge < -0.3 is 9.47 Å². The zero-order valence-corrected chi connectivity index (χ0v) is 16.6. The molecule has 140 valence electrons. The van der Waals surface area contributed by atoms with Gasteiger partial charge >= 0.3 is 0 Å². The predicted octanol–water partition coefficient (Wildman–Crippen LogP) is 3.07. The molecular formula is C18H20BrNO5S. The molecule has 0 amide bonds. The quantitative estimate of drug-likeness (QED) is 0.508. The van der Waals surface area contributed by atoms with E-state index >= 15 is 0 Å². The molecule has 3 rings (SSSR count). The molecule has 0 saturated carbocycles. The smallest absolute Gasteiger partial charge is 0.267 e. The van der Waals surface area contributed by atoms with Crippen molar-refractivity contribution in [1.29, 1.82) is 0 Å². The Morgan fingerprint density at radius 3 is 2.50 bits per heavy atom. The van der Waals surface area contributed by atoms with Crippen LogP contribution >= 0.6 is 15.9 Å².